The second kappa shape index (κ2) is 7.51. The highest BCUT2D eigenvalue weighted by molar-refractivity contribution is 9.10. The standard InChI is InChI=1S/C14H16BrFN2O3/c15-11-2-1-10(9-12(11)16)14(20)17-4-3-13(19)18-5-7-21-8-6-18/h1-2,9H,3-8H2,(H,17,20). The number of nitrogens with one attached hydrogen (secondary N) is 1. The number of carbonyl (C=O) groups excluding carboxylic acids is 2. The van der Waals surface area contributed by atoms with E-state index < -0.39 is 11.7 Å². The zero-order valence-corrected chi connectivity index (χ0v) is 13.0. The molecule has 0 bridgehead atoms. The van der Waals surface area contributed by atoms with Crippen LogP contribution in [0.4, 0.5) is 4.39 Å². The molecule has 2 rings (SSSR count). The summed E-state index contributed by atoms with van der Waals surface area (Å²) >= 11 is 3.03. The van der Waals surface area contributed by atoms with Crippen molar-refractivity contribution < 1.29 is 18.7 Å². The molecule has 0 atom stereocenters. The van der Waals surface area contributed by atoms with E-state index in [1.54, 1.807) is 4.90 Å². The Morgan fingerprint density at radius 2 is 2.05 bits per heavy atom. The molecule has 1 saturated heterocycles. The number of hydrogen-bond acceptors (Lipinski definition) is 3. The Bertz CT molecular complexity index is 533. The van der Waals surface area contributed by atoms with E-state index in [1.807, 2.05) is 0 Å². The average molecular weight is 359 g/mol. The van der Waals surface area contributed by atoms with E-state index in [0.29, 0.717) is 30.8 Å². The van der Waals surface area contributed by atoms with E-state index in [4.69, 9.17) is 4.74 Å². The summed E-state index contributed by atoms with van der Waals surface area (Å²) in [5.41, 5.74) is 0.231. The van der Waals surface area contributed by atoms with Gasteiger partial charge in [0, 0.05) is 31.6 Å². The Balaban J connectivity index is 1.78. The van der Waals surface area contributed by atoms with Gasteiger partial charge in [0.15, 0.2) is 0 Å². The van der Waals surface area contributed by atoms with Gasteiger partial charge in [0.2, 0.25) is 5.91 Å². The molecule has 2 amide bonds. The lowest BCUT2D eigenvalue weighted by atomic mass is 10.2. The van der Waals surface area contributed by atoms with Gasteiger partial charge in [-0.25, -0.2) is 4.39 Å². The molecule has 0 unspecified atom stereocenters. The summed E-state index contributed by atoms with van der Waals surface area (Å²) in [4.78, 5) is 25.4. The Morgan fingerprint density at radius 1 is 1.33 bits per heavy atom. The molecule has 7 heteroatoms. The summed E-state index contributed by atoms with van der Waals surface area (Å²) in [7, 11) is 0. The zero-order chi connectivity index (χ0) is 15.2. The first-order valence-corrected chi connectivity index (χ1v) is 7.46. The van der Waals surface area contributed by atoms with E-state index in [9.17, 15) is 14.0 Å². The van der Waals surface area contributed by atoms with Gasteiger partial charge in [0.25, 0.3) is 5.91 Å². The quantitative estimate of drug-likeness (QED) is 0.888. The fourth-order valence-electron chi connectivity index (χ4n) is 1.99. The lowest BCUT2D eigenvalue weighted by Crippen LogP contribution is -2.42. The molecule has 1 aromatic carbocycles. The maximum absolute atomic E-state index is 13.3. The minimum Gasteiger partial charge on any atom is -0.378 e. The molecule has 1 heterocycles. The van der Waals surface area contributed by atoms with Crippen LogP contribution in [0, 0.1) is 5.82 Å². The fraction of sp³-hybridized carbons (Fsp3) is 0.429. The average Bonchev–Trinajstić information content (AvgIpc) is 2.50. The number of amides is 2. The number of halogens is 2. The second-order valence-corrected chi connectivity index (χ2v) is 5.48. The second-order valence-electron chi connectivity index (χ2n) is 4.63. The first-order valence-electron chi connectivity index (χ1n) is 6.66. The first kappa shape index (κ1) is 15.9. The first-order chi connectivity index (χ1) is 10.1. The molecule has 0 aromatic heterocycles. The van der Waals surface area contributed by atoms with Crippen molar-refractivity contribution in [2.24, 2.45) is 0 Å². The van der Waals surface area contributed by atoms with Crippen molar-refractivity contribution in [1.29, 1.82) is 0 Å². The van der Waals surface area contributed by atoms with Gasteiger partial charge in [-0.2, -0.15) is 0 Å². The van der Waals surface area contributed by atoms with E-state index >= 15 is 0 Å². The Morgan fingerprint density at radius 3 is 2.71 bits per heavy atom. The molecule has 1 aromatic rings. The summed E-state index contributed by atoms with van der Waals surface area (Å²) < 4.78 is 18.8. The molecule has 1 fully saturated rings. The molecule has 1 aliphatic rings. The van der Waals surface area contributed by atoms with Gasteiger partial charge in [-0.05, 0) is 34.1 Å². The topological polar surface area (TPSA) is 58.6 Å². The molecular weight excluding hydrogens is 343 g/mol. The minimum absolute atomic E-state index is 0.0133. The van der Waals surface area contributed by atoms with E-state index in [0.717, 1.165) is 6.07 Å². The molecule has 0 spiro atoms. The summed E-state index contributed by atoms with van der Waals surface area (Å²) in [5.74, 6) is -0.899. The smallest absolute Gasteiger partial charge is 0.251 e. The van der Waals surface area contributed by atoms with Crippen LogP contribution in [-0.2, 0) is 9.53 Å². The summed E-state index contributed by atoms with van der Waals surface area (Å²) in [6, 6.07) is 4.15. The predicted molar refractivity (Wildman–Crippen MR) is 78.4 cm³/mol. The number of hydrogen-bond donors (Lipinski definition) is 1. The molecule has 21 heavy (non-hydrogen) atoms. The predicted octanol–water partition coefficient (Wildman–Crippen LogP) is 1.57. The summed E-state index contributed by atoms with van der Waals surface area (Å²) in [5, 5.41) is 2.62. The molecule has 114 valence electrons. The molecule has 0 aliphatic carbocycles. The molecule has 1 N–H and O–H groups in total. The number of nitrogens with zero attached hydrogens (tertiary/aromatic N) is 1. The van der Waals surface area contributed by atoms with Crippen molar-refractivity contribution in [3.63, 3.8) is 0 Å². The highest BCUT2D eigenvalue weighted by Crippen LogP contribution is 2.16. The van der Waals surface area contributed by atoms with Gasteiger partial charge in [0.1, 0.15) is 5.82 Å². The molecule has 1 aliphatic heterocycles. The number of carbonyl (C=O) groups is 2. The molecule has 0 radical (unpaired) electrons. The van der Waals surface area contributed by atoms with Crippen LogP contribution in [0.1, 0.15) is 16.8 Å². The number of morpholine rings is 1. The Labute approximate surface area is 130 Å². The van der Waals surface area contributed by atoms with Crippen LogP contribution in [-0.4, -0.2) is 49.6 Å². The zero-order valence-electron chi connectivity index (χ0n) is 11.4. The molecular formula is C14H16BrFN2O3. The number of ether oxygens (including phenoxy) is 1. The largest absolute Gasteiger partial charge is 0.378 e. The van der Waals surface area contributed by atoms with Crippen LogP contribution < -0.4 is 5.32 Å². The van der Waals surface area contributed by atoms with Crippen molar-refractivity contribution in [2.75, 3.05) is 32.8 Å². The van der Waals surface area contributed by atoms with Gasteiger partial charge in [-0.15, -0.1) is 0 Å². The van der Waals surface area contributed by atoms with Gasteiger partial charge in [-0.3, -0.25) is 9.59 Å². The van der Waals surface area contributed by atoms with Crippen molar-refractivity contribution in [3.8, 4) is 0 Å². The van der Waals surface area contributed by atoms with Crippen molar-refractivity contribution in [2.45, 2.75) is 6.42 Å². The van der Waals surface area contributed by atoms with Gasteiger partial charge >= 0.3 is 0 Å². The van der Waals surface area contributed by atoms with Gasteiger partial charge in [-0.1, -0.05) is 0 Å². The maximum atomic E-state index is 13.3. The highest BCUT2D eigenvalue weighted by atomic mass is 79.9. The van der Waals surface area contributed by atoms with Crippen LogP contribution in [0.5, 0.6) is 0 Å². The van der Waals surface area contributed by atoms with Crippen LogP contribution in [0.3, 0.4) is 0 Å². The third kappa shape index (κ3) is 4.50. The van der Waals surface area contributed by atoms with Crippen molar-refractivity contribution in [1.82, 2.24) is 10.2 Å². The van der Waals surface area contributed by atoms with E-state index in [1.165, 1.54) is 12.1 Å². The van der Waals surface area contributed by atoms with E-state index in [2.05, 4.69) is 21.2 Å². The lowest BCUT2D eigenvalue weighted by Gasteiger charge is -2.26. The van der Waals surface area contributed by atoms with E-state index in [-0.39, 0.29) is 24.4 Å². The van der Waals surface area contributed by atoms with Crippen LogP contribution in [0.2, 0.25) is 0 Å². The van der Waals surface area contributed by atoms with Crippen LogP contribution in [0.15, 0.2) is 22.7 Å². The number of rotatable bonds is 4. The lowest BCUT2D eigenvalue weighted by molar-refractivity contribution is -0.135. The molecule has 0 saturated carbocycles. The van der Waals surface area contributed by atoms with Crippen LogP contribution in [0.25, 0.3) is 0 Å². The Kier molecular flexibility index (Phi) is 5.69. The third-order valence-electron chi connectivity index (χ3n) is 3.17. The van der Waals surface area contributed by atoms with Gasteiger partial charge in [0.05, 0.1) is 17.7 Å². The molecule has 5 nitrogen and oxygen atoms in total. The monoisotopic (exact) mass is 358 g/mol. The van der Waals surface area contributed by atoms with Crippen molar-refractivity contribution >= 4 is 27.7 Å². The minimum atomic E-state index is -0.493. The highest BCUT2D eigenvalue weighted by Gasteiger charge is 2.16. The van der Waals surface area contributed by atoms with Gasteiger partial charge < -0.3 is 15.0 Å². The summed E-state index contributed by atoms with van der Waals surface area (Å²) in [6.07, 6.45) is 0.227. The normalized spacial score (nSPS) is 14.9. The fourth-order valence-corrected chi connectivity index (χ4v) is 2.24. The van der Waals surface area contributed by atoms with Crippen molar-refractivity contribution in [3.05, 3.63) is 34.1 Å². The Hall–Kier alpha value is -1.47. The number of benzene rings is 1. The maximum Gasteiger partial charge on any atom is 0.251 e. The van der Waals surface area contributed by atoms with Crippen LogP contribution >= 0.6 is 15.9 Å². The summed E-state index contributed by atoms with van der Waals surface area (Å²) in [6.45, 7) is 2.51. The SMILES string of the molecule is O=C(NCCC(=O)N1CCOCC1)c1ccc(Br)c(F)c1. The third-order valence-corrected chi connectivity index (χ3v) is 3.81.